The van der Waals surface area contributed by atoms with E-state index in [0.717, 1.165) is 0 Å². The van der Waals surface area contributed by atoms with Crippen molar-refractivity contribution in [3.05, 3.63) is 53.1 Å². The third kappa shape index (κ3) is 3.62. The maximum atomic E-state index is 12.6. The summed E-state index contributed by atoms with van der Waals surface area (Å²) < 4.78 is 32.7. The fourth-order valence-electron chi connectivity index (χ4n) is 2.20. The number of hydrogen-bond donors (Lipinski definition) is 2. The highest BCUT2D eigenvalue weighted by Gasteiger charge is 2.19. The van der Waals surface area contributed by atoms with Crippen molar-refractivity contribution in [2.75, 3.05) is 11.8 Å². The Hall–Kier alpha value is -2.54. The number of carboxylic acids is 1. The molecule has 0 atom stereocenters. The van der Waals surface area contributed by atoms with Gasteiger partial charge in [-0.25, -0.2) is 13.2 Å². The molecule has 0 spiro atoms. The van der Waals surface area contributed by atoms with E-state index in [1.54, 1.807) is 19.9 Å². The van der Waals surface area contributed by atoms with Crippen LogP contribution in [0.1, 0.15) is 21.5 Å². The number of aromatic carboxylic acids is 1. The van der Waals surface area contributed by atoms with Gasteiger partial charge >= 0.3 is 5.97 Å². The lowest BCUT2D eigenvalue weighted by Crippen LogP contribution is -2.15. The molecule has 23 heavy (non-hydrogen) atoms. The number of methoxy groups -OCH3 is 1. The predicted octanol–water partition coefficient (Wildman–Crippen LogP) is 2.81. The molecule has 122 valence electrons. The first-order valence-electron chi connectivity index (χ1n) is 6.76. The van der Waals surface area contributed by atoms with Gasteiger partial charge in [-0.3, -0.25) is 4.72 Å². The number of aryl methyl sites for hydroxylation is 2. The van der Waals surface area contributed by atoms with Crippen molar-refractivity contribution in [1.82, 2.24) is 0 Å². The average Bonchev–Trinajstić information content (AvgIpc) is 2.48. The van der Waals surface area contributed by atoms with Crippen LogP contribution in [-0.2, 0) is 10.0 Å². The molecule has 0 aliphatic carbocycles. The van der Waals surface area contributed by atoms with Gasteiger partial charge < -0.3 is 9.84 Å². The van der Waals surface area contributed by atoms with Gasteiger partial charge in [0.05, 0.1) is 17.6 Å². The second-order valence-corrected chi connectivity index (χ2v) is 6.73. The van der Waals surface area contributed by atoms with Crippen LogP contribution in [0.15, 0.2) is 41.3 Å². The lowest BCUT2D eigenvalue weighted by molar-refractivity contribution is 0.0697. The van der Waals surface area contributed by atoms with Gasteiger partial charge in [0.1, 0.15) is 5.75 Å². The zero-order valence-corrected chi connectivity index (χ0v) is 13.8. The Balaban J connectivity index is 2.42. The van der Waals surface area contributed by atoms with Crippen molar-refractivity contribution < 1.29 is 23.1 Å². The lowest BCUT2D eigenvalue weighted by atomic mass is 10.1. The topological polar surface area (TPSA) is 92.7 Å². The summed E-state index contributed by atoms with van der Waals surface area (Å²) in [7, 11) is -2.31. The molecule has 7 heteroatoms. The van der Waals surface area contributed by atoms with Crippen molar-refractivity contribution in [1.29, 1.82) is 0 Å². The number of ether oxygens (including phenoxy) is 1. The molecule has 0 saturated heterocycles. The third-order valence-electron chi connectivity index (χ3n) is 3.34. The summed E-state index contributed by atoms with van der Waals surface area (Å²) in [5, 5.41) is 8.97. The predicted molar refractivity (Wildman–Crippen MR) is 86.7 cm³/mol. The second kappa shape index (κ2) is 6.29. The van der Waals surface area contributed by atoms with E-state index >= 15 is 0 Å². The minimum atomic E-state index is -3.83. The quantitative estimate of drug-likeness (QED) is 0.876. The van der Waals surface area contributed by atoms with Crippen LogP contribution in [0.25, 0.3) is 0 Å². The zero-order chi connectivity index (χ0) is 17.2. The Kier molecular flexibility index (Phi) is 4.60. The van der Waals surface area contributed by atoms with Crippen molar-refractivity contribution >= 4 is 21.7 Å². The van der Waals surface area contributed by atoms with E-state index in [0.29, 0.717) is 16.9 Å². The maximum absolute atomic E-state index is 12.6. The number of benzene rings is 2. The molecule has 0 aliphatic heterocycles. The molecule has 0 bridgehead atoms. The first-order valence-corrected chi connectivity index (χ1v) is 8.24. The number of hydrogen-bond acceptors (Lipinski definition) is 4. The van der Waals surface area contributed by atoms with E-state index in [1.165, 1.54) is 37.4 Å². The number of nitrogens with one attached hydrogen (secondary N) is 1. The van der Waals surface area contributed by atoms with Gasteiger partial charge in [-0.1, -0.05) is 6.07 Å². The normalized spacial score (nSPS) is 11.1. The molecule has 0 heterocycles. The van der Waals surface area contributed by atoms with Gasteiger partial charge in [0.15, 0.2) is 0 Å². The van der Waals surface area contributed by atoms with Crippen molar-refractivity contribution in [3.63, 3.8) is 0 Å². The fraction of sp³-hybridized carbons (Fsp3) is 0.188. The highest BCUT2D eigenvalue weighted by atomic mass is 32.2. The molecule has 0 radical (unpaired) electrons. The molecule has 2 rings (SSSR count). The standard InChI is InChI=1S/C16H17NO5S/c1-10-8-15(11(2)7-14(10)22-3)23(20,21)17-13-6-4-5-12(9-13)16(18)19/h4-9,17H,1-3H3,(H,18,19). The van der Waals surface area contributed by atoms with E-state index in [9.17, 15) is 13.2 Å². The molecular formula is C16H17NO5S. The van der Waals surface area contributed by atoms with Gasteiger partial charge in [0, 0.05) is 5.69 Å². The first kappa shape index (κ1) is 16.8. The van der Waals surface area contributed by atoms with E-state index in [1.807, 2.05) is 0 Å². The van der Waals surface area contributed by atoms with Crippen LogP contribution in [0.3, 0.4) is 0 Å². The van der Waals surface area contributed by atoms with Crippen LogP contribution in [0.5, 0.6) is 5.75 Å². The minimum Gasteiger partial charge on any atom is -0.496 e. The van der Waals surface area contributed by atoms with Crippen molar-refractivity contribution in [2.24, 2.45) is 0 Å². The molecule has 2 aromatic carbocycles. The Morgan fingerprint density at radius 3 is 2.43 bits per heavy atom. The Morgan fingerprint density at radius 2 is 1.83 bits per heavy atom. The van der Waals surface area contributed by atoms with Gasteiger partial charge in [-0.05, 0) is 55.3 Å². The number of anilines is 1. The third-order valence-corrected chi connectivity index (χ3v) is 4.87. The molecule has 0 amide bonds. The zero-order valence-electron chi connectivity index (χ0n) is 13.0. The van der Waals surface area contributed by atoms with Crippen LogP contribution in [0.4, 0.5) is 5.69 Å². The lowest BCUT2D eigenvalue weighted by Gasteiger charge is -2.13. The van der Waals surface area contributed by atoms with Crippen LogP contribution in [0.2, 0.25) is 0 Å². The number of carbonyl (C=O) groups is 1. The monoisotopic (exact) mass is 335 g/mol. The Bertz CT molecular complexity index is 859. The summed E-state index contributed by atoms with van der Waals surface area (Å²) in [6.45, 7) is 3.42. The average molecular weight is 335 g/mol. The summed E-state index contributed by atoms with van der Waals surface area (Å²) in [5.74, 6) is -0.517. The van der Waals surface area contributed by atoms with E-state index in [2.05, 4.69) is 4.72 Å². The van der Waals surface area contributed by atoms with Crippen molar-refractivity contribution in [2.45, 2.75) is 18.7 Å². The highest BCUT2D eigenvalue weighted by molar-refractivity contribution is 7.92. The van der Waals surface area contributed by atoms with Gasteiger partial charge in [0.25, 0.3) is 10.0 Å². The summed E-state index contributed by atoms with van der Waals surface area (Å²) in [5.41, 5.74) is 1.43. The molecule has 0 saturated carbocycles. The maximum Gasteiger partial charge on any atom is 0.335 e. The molecular weight excluding hydrogens is 318 g/mol. The molecule has 0 aliphatic rings. The first-order chi connectivity index (χ1) is 10.7. The fourth-order valence-corrected chi connectivity index (χ4v) is 3.56. The summed E-state index contributed by atoms with van der Waals surface area (Å²) >= 11 is 0. The van der Waals surface area contributed by atoms with Crippen LogP contribution in [-0.4, -0.2) is 26.6 Å². The van der Waals surface area contributed by atoms with Gasteiger partial charge in [-0.2, -0.15) is 0 Å². The largest absolute Gasteiger partial charge is 0.496 e. The SMILES string of the molecule is COc1cc(C)c(S(=O)(=O)Nc2cccc(C(=O)O)c2)cc1C. The summed E-state index contributed by atoms with van der Waals surface area (Å²) in [4.78, 5) is 11.1. The second-order valence-electron chi connectivity index (χ2n) is 5.08. The molecule has 0 unspecified atom stereocenters. The van der Waals surface area contributed by atoms with Crippen molar-refractivity contribution in [3.8, 4) is 5.75 Å². The summed E-state index contributed by atoms with van der Waals surface area (Å²) in [6.07, 6.45) is 0. The van der Waals surface area contributed by atoms with Gasteiger partial charge in [-0.15, -0.1) is 0 Å². The number of rotatable bonds is 5. The molecule has 0 fully saturated rings. The smallest absolute Gasteiger partial charge is 0.335 e. The highest BCUT2D eigenvalue weighted by Crippen LogP contribution is 2.27. The number of sulfonamides is 1. The van der Waals surface area contributed by atoms with E-state index in [4.69, 9.17) is 9.84 Å². The van der Waals surface area contributed by atoms with Crippen LogP contribution in [0, 0.1) is 13.8 Å². The van der Waals surface area contributed by atoms with E-state index < -0.39 is 16.0 Å². The Labute approximate surface area is 134 Å². The number of carboxylic acid groups (broad SMARTS) is 1. The molecule has 2 N–H and O–H groups in total. The molecule has 2 aromatic rings. The van der Waals surface area contributed by atoms with Gasteiger partial charge in [0.2, 0.25) is 0 Å². The Morgan fingerprint density at radius 1 is 1.13 bits per heavy atom. The molecule has 0 aromatic heterocycles. The summed E-state index contributed by atoms with van der Waals surface area (Å²) in [6, 6.07) is 8.81. The molecule has 6 nitrogen and oxygen atoms in total. The van der Waals surface area contributed by atoms with E-state index in [-0.39, 0.29) is 16.1 Å². The van der Waals surface area contributed by atoms with Crippen LogP contribution >= 0.6 is 0 Å². The van der Waals surface area contributed by atoms with Crippen LogP contribution < -0.4 is 9.46 Å². The minimum absolute atomic E-state index is 0.00725.